The van der Waals surface area contributed by atoms with Gasteiger partial charge in [0.05, 0.1) is 12.2 Å². The summed E-state index contributed by atoms with van der Waals surface area (Å²) < 4.78 is 31.7. The molecule has 3 heterocycles. The maximum atomic E-state index is 12.7. The summed E-state index contributed by atoms with van der Waals surface area (Å²) in [6.07, 6.45) is -1.65. The van der Waals surface area contributed by atoms with E-state index in [0.717, 1.165) is 55.8 Å². The van der Waals surface area contributed by atoms with E-state index in [-0.39, 0.29) is 17.2 Å². The van der Waals surface area contributed by atoms with E-state index in [1.54, 1.807) is 0 Å². The number of piperidine rings is 2. The normalized spacial score (nSPS) is 17.5. The molecular weight excluding hydrogens is 463 g/mol. The summed E-state index contributed by atoms with van der Waals surface area (Å²) >= 11 is 0. The number of aromatic nitrogens is 1. The minimum Gasteiger partial charge on any atom is -0.475 e. The Hall–Kier alpha value is -3.43. The Labute approximate surface area is 201 Å². The van der Waals surface area contributed by atoms with E-state index in [0.29, 0.717) is 13.0 Å². The van der Waals surface area contributed by atoms with Gasteiger partial charge in [0.1, 0.15) is 0 Å². The first-order chi connectivity index (χ1) is 16.5. The lowest BCUT2D eigenvalue weighted by Crippen LogP contribution is -2.52. The molecule has 4 rings (SSSR count). The van der Waals surface area contributed by atoms with Crippen molar-refractivity contribution in [2.45, 2.75) is 45.3 Å². The van der Waals surface area contributed by atoms with Crippen LogP contribution in [0.2, 0.25) is 0 Å². The van der Waals surface area contributed by atoms with E-state index in [1.165, 1.54) is 0 Å². The van der Waals surface area contributed by atoms with Crippen molar-refractivity contribution >= 4 is 17.8 Å². The molecule has 0 unspecified atom stereocenters. The summed E-state index contributed by atoms with van der Waals surface area (Å²) in [5.41, 5.74) is 2.81. The molecule has 10 heteroatoms. The quantitative estimate of drug-likeness (QED) is 0.699. The first-order valence-corrected chi connectivity index (χ1v) is 11.3. The lowest BCUT2D eigenvalue weighted by Gasteiger charge is -2.47. The van der Waals surface area contributed by atoms with Crippen molar-refractivity contribution < 1.29 is 32.7 Å². The van der Waals surface area contributed by atoms with Gasteiger partial charge in [-0.25, -0.2) is 4.79 Å². The number of benzene rings is 1. The number of alkyl halides is 3. The summed E-state index contributed by atoms with van der Waals surface area (Å²) in [6.45, 7) is 4.85. The maximum absolute atomic E-state index is 12.7. The molecule has 1 spiro atoms. The summed E-state index contributed by atoms with van der Waals surface area (Å²) in [4.78, 5) is 42.6. The van der Waals surface area contributed by atoms with Crippen LogP contribution in [0.25, 0.3) is 0 Å². The van der Waals surface area contributed by atoms with Crippen LogP contribution >= 0.6 is 0 Å². The van der Waals surface area contributed by atoms with E-state index in [2.05, 4.69) is 4.98 Å². The fraction of sp³-hybridized carbons (Fsp3) is 0.440. The van der Waals surface area contributed by atoms with Gasteiger partial charge in [-0.1, -0.05) is 24.3 Å². The van der Waals surface area contributed by atoms with Crippen molar-refractivity contribution in [2.24, 2.45) is 5.41 Å². The summed E-state index contributed by atoms with van der Waals surface area (Å²) in [6, 6.07) is 15.5. The van der Waals surface area contributed by atoms with E-state index in [9.17, 15) is 22.8 Å². The monoisotopic (exact) mass is 491 g/mol. The van der Waals surface area contributed by atoms with Gasteiger partial charge in [0.15, 0.2) is 0 Å². The van der Waals surface area contributed by atoms with Crippen molar-refractivity contribution in [3.63, 3.8) is 0 Å². The molecule has 2 aliphatic heterocycles. The van der Waals surface area contributed by atoms with Gasteiger partial charge >= 0.3 is 12.1 Å². The van der Waals surface area contributed by atoms with Crippen LogP contribution in [0.1, 0.15) is 47.4 Å². The van der Waals surface area contributed by atoms with Gasteiger partial charge in [0.2, 0.25) is 5.91 Å². The highest BCUT2D eigenvalue weighted by Gasteiger charge is 2.42. The minimum atomic E-state index is -5.08. The zero-order valence-corrected chi connectivity index (χ0v) is 19.4. The molecular formula is C25H28F3N3O4. The Bertz CT molecular complexity index is 1050. The molecule has 0 bridgehead atoms. The Kier molecular flexibility index (Phi) is 8.14. The number of aryl methyl sites for hydroxylation is 1. The van der Waals surface area contributed by atoms with Crippen molar-refractivity contribution in [2.75, 3.05) is 19.6 Å². The molecule has 2 aromatic rings. The average molecular weight is 492 g/mol. The van der Waals surface area contributed by atoms with Crippen LogP contribution in [0.3, 0.4) is 0 Å². The SMILES string of the molecule is Cc1cccc(CN2CC3(CCC2=O)CCN(C(=O)c2ccccc2)CC3)n1.O=C(O)C(F)(F)F. The molecule has 0 radical (unpaired) electrons. The van der Waals surface area contributed by atoms with Gasteiger partial charge < -0.3 is 14.9 Å². The smallest absolute Gasteiger partial charge is 0.475 e. The lowest BCUT2D eigenvalue weighted by molar-refractivity contribution is -0.192. The highest BCUT2D eigenvalue weighted by Crippen LogP contribution is 2.40. The molecule has 35 heavy (non-hydrogen) atoms. The Morgan fingerprint density at radius 1 is 1.03 bits per heavy atom. The third-order valence-corrected chi connectivity index (χ3v) is 6.42. The molecule has 2 fully saturated rings. The molecule has 2 aliphatic rings. The lowest BCUT2D eigenvalue weighted by atomic mass is 9.72. The molecule has 0 atom stereocenters. The molecule has 1 aromatic heterocycles. The van der Waals surface area contributed by atoms with Crippen LogP contribution in [0.5, 0.6) is 0 Å². The predicted molar refractivity (Wildman–Crippen MR) is 121 cm³/mol. The first-order valence-electron chi connectivity index (χ1n) is 11.3. The van der Waals surface area contributed by atoms with Gasteiger partial charge in [-0.2, -0.15) is 13.2 Å². The molecule has 2 amide bonds. The van der Waals surface area contributed by atoms with E-state index >= 15 is 0 Å². The molecule has 1 aromatic carbocycles. The van der Waals surface area contributed by atoms with Crippen molar-refractivity contribution in [1.29, 1.82) is 0 Å². The van der Waals surface area contributed by atoms with Gasteiger partial charge in [-0.3, -0.25) is 14.6 Å². The van der Waals surface area contributed by atoms with Gasteiger partial charge in [-0.15, -0.1) is 0 Å². The number of hydrogen-bond donors (Lipinski definition) is 1. The number of amides is 2. The van der Waals surface area contributed by atoms with Crippen molar-refractivity contribution in [3.8, 4) is 0 Å². The highest BCUT2D eigenvalue weighted by molar-refractivity contribution is 5.94. The molecule has 0 aliphatic carbocycles. The van der Waals surface area contributed by atoms with E-state index in [4.69, 9.17) is 9.90 Å². The van der Waals surface area contributed by atoms with E-state index < -0.39 is 12.1 Å². The van der Waals surface area contributed by atoms with Gasteiger partial charge in [0, 0.05) is 37.3 Å². The number of hydrogen-bond acceptors (Lipinski definition) is 4. The second kappa shape index (κ2) is 10.9. The number of carboxylic acids is 1. The molecule has 2 saturated heterocycles. The van der Waals surface area contributed by atoms with Crippen LogP contribution in [-0.2, 0) is 16.1 Å². The van der Waals surface area contributed by atoms with Crippen molar-refractivity contribution in [1.82, 2.24) is 14.8 Å². The number of carboxylic acid groups (broad SMARTS) is 1. The Balaban J connectivity index is 0.000000429. The van der Waals surface area contributed by atoms with Crippen LogP contribution in [0.15, 0.2) is 48.5 Å². The van der Waals surface area contributed by atoms with Crippen LogP contribution in [0, 0.1) is 12.3 Å². The number of carbonyl (C=O) groups is 3. The fourth-order valence-corrected chi connectivity index (χ4v) is 4.49. The molecule has 0 saturated carbocycles. The summed E-state index contributed by atoms with van der Waals surface area (Å²) in [5, 5.41) is 7.12. The third kappa shape index (κ3) is 7.03. The second-order valence-electron chi connectivity index (χ2n) is 8.98. The molecule has 1 N–H and O–H groups in total. The molecule has 188 valence electrons. The Morgan fingerprint density at radius 2 is 1.66 bits per heavy atom. The topological polar surface area (TPSA) is 90.8 Å². The van der Waals surface area contributed by atoms with E-state index in [1.807, 2.05) is 65.3 Å². The second-order valence-corrected chi connectivity index (χ2v) is 8.98. The van der Waals surface area contributed by atoms with Crippen LogP contribution in [0.4, 0.5) is 13.2 Å². The van der Waals surface area contributed by atoms with Crippen molar-refractivity contribution in [3.05, 3.63) is 65.5 Å². The third-order valence-electron chi connectivity index (χ3n) is 6.42. The van der Waals surface area contributed by atoms with Crippen LogP contribution < -0.4 is 0 Å². The number of pyridine rings is 1. The summed E-state index contributed by atoms with van der Waals surface area (Å²) in [7, 11) is 0. The number of aliphatic carboxylic acids is 1. The minimum absolute atomic E-state index is 0.114. The summed E-state index contributed by atoms with van der Waals surface area (Å²) in [5.74, 6) is -2.42. The predicted octanol–water partition coefficient (Wildman–Crippen LogP) is 4.07. The van der Waals surface area contributed by atoms with Gasteiger partial charge in [-0.05, 0) is 55.9 Å². The number of nitrogens with zero attached hydrogens (tertiary/aromatic N) is 3. The average Bonchev–Trinajstić information content (AvgIpc) is 2.82. The van der Waals surface area contributed by atoms with Crippen LogP contribution in [-0.4, -0.2) is 63.5 Å². The Morgan fingerprint density at radius 3 is 2.23 bits per heavy atom. The zero-order chi connectivity index (χ0) is 25.6. The zero-order valence-electron chi connectivity index (χ0n) is 19.4. The van der Waals surface area contributed by atoms with Gasteiger partial charge in [0.25, 0.3) is 5.91 Å². The molecule has 7 nitrogen and oxygen atoms in total. The fourth-order valence-electron chi connectivity index (χ4n) is 4.49. The number of rotatable bonds is 3. The highest BCUT2D eigenvalue weighted by atomic mass is 19.4. The maximum Gasteiger partial charge on any atom is 0.490 e. The largest absolute Gasteiger partial charge is 0.490 e. The number of halogens is 3. The number of carbonyl (C=O) groups excluding carboxylic acids is 2. The standard InChI is InChI=1S/C23H27N3O2.C2HF3O2/c1-18-6-5-9-20(24-18)16-26-17-23(11-10-21(26)27)12-14-25(15-13-23)22(28)19-7-3-2-4-8-19;3-2(4,5)1(6)7/h2-9H,10-17H2,1H3;(H,6,7). The first kappa shape index (κ1) is 26.2. The number of likely N-dealkylation sites (tertiary alicyclic amines) is 2.